The van der Waals surface area contributed by atoms with Crippen molar-refractivity contribution in [2.75, 3.05) is 13.7 Å². The molecule has 4 heteroatoms. The minimum atomic E-state index is 0.540. The van der Waals surface area contributed by atoms with Crippen LogP contribution in [-0.2, 0) is 17.6 Å². The Morgan fingerprint density at radius 2 is 2.12 bits per heavy atom. The molecule has 3 nitrogen and oxygen atoms in total. The van der Waals surface area contributed by atoms with Gasteiger partial charge in [-0.2, -0.15) is 0 Å². The van der Waals surface area contributed by atoms with Gasteiger partial charge in [0.15, 0.2) is 0 Å². The molecule has 16 heavy (non-hydrogen) atoms. The Balaban J connectivity index is 2.65. The second kappa shape index (κ2) is 6.81. The molecule has 0 N–H and O–H groups in total. The second-order valence-corrected chi connectivity index (χ2v) is 4.68. The van der Waals surface area contributed by atoms with Crippen molar-refractivity contribution in [3.8, 4) is 0 Å². The summed E-state index contributed by atoms with van der Waals surface area (Å²) < 4.78 is 5.00. The molecule has 0 saturated carbocycles. The van der Waals surface area contributed by atoms with E-state index < -0.39 is 0 Å². The fourth-order valence-electron chi connectivity index (χ4n) is 1.53. The first kappa shape index (κ1) is 13.4. The van der Waals surface area contributed by atoms with Crippen LogP contribution in [0.3, 0.4) is 0 Å². The summed E-state index contributed by atoms with van der Waals surface area (Å²) in [6, 6.07) is 1.85. The number of methoxy groups -OCH3 is 1. The Kier molecular flexibility index (Phi) is 5.71. The fraction of sp³-hybridized carbons (Fsp3) is 0.667. The summed E-state index contributed by atoms with van der Waals surface area (Å²) in [5.41, 5.74) is 1.03. The van der Waals surface area contributed by atoms with Crippen molar-refractivity contribution in [3.05, 3.63) is 22.7 Å². The Hall–Kier alpha value is -0.670. The Labute approximate surface area is 102 Å². The topological polar surface area (TPSA) is 35.0 Å². The molecule has 0 amide bonds. The molecule has 0 aliphatic heterocycles. The van der Waals surface area contributed by atoms with Gasteiger partial charge in [0, 0.05) is 25.8 Å². The lowest BCUT2D eigenvalue weighted by Crippen LogP contribution is -2.04. The molecule has 0 saturated heterocycles. The molecule has 90 valence electrons. The zero-order valence-corrected chi connectivity index (χ0v) is 10.9. The maximum absolute atomic E-state index is 5.96. The van der Waals surface area contributed by atoms with Gasteiger partial charge in [0.25, 0.3) is 0 Å². The molecule has 0 spiro atoms. The Morgan fingerprint density at radius 3 is 2.75 bits per heavy atom. The zero-order chi connectivity index (χ0) is 12.0. The van der Waals surface area contributed by atoms with Crippen molar-refractivity contribution in [3.63, 3.8) is 0 Å². The van der Waals surface area contributed by atoms with E-state index in [0.717, 1.165) is 37.4 Å². The number of halogens is 1. The van der Waals surface area contributed by atoms with E-state index in [1.165, 1.54) is 0 Å². The lowest BCUT2D eigenvalue weighted by atomic mass is 10.1. The average Bonchev–Trinajstić information content (AvgIpc) is 2.16. The third-order valence-corrected chi connectivity index (χ3v) is 2.35. The lowest BCUT2D eigenvalue weighted by Gasteiger charge is -2.07. The van der Waals surface area contributed by atoms with Crippen LogP contribution in [0.15, 0.2) is 6.07 Å². The average molecular weight is 243 g/mol. The molecule has 1 heterocycles. The molecule has 0 atom stereocenters. The van der Waals surface area contributed by atoms with Crippen molar-refractivity contribution in [1.29, 1.82) is 0 Å². The van der Waals surface area contributed by atoms with E-state index in [-0.39, 0.29) is 0 Å². The van der Waals surface area contributed by atoms with Crippen molar-refractivity contribution in [1.82, 2.24) is 9.97 Å². The van der Waals surface area contributed by atoms with E-state index in [9.17, 15) is 0 Å². The first-order valence-electron chi connectivity index (χ1n) is 5.63. The summed E-state index contributed by atoms with van der Waals surface area (Å²) in [5.74, 6) is 1.40. The number of nitrogens with zero attached hydrogens (tertiary/aromatic N) is 2. The molecule has 0 aliphatic rings. The third-order valence-electron chi connectivity index (χ3n) is 2.16. The second-order valence-electron chi connectivity index (χ2n) is 4.29. The van der Waals surface area contributed by atoms with Crippen LogP contribution < -0.4 is 0 Å². The molecule has 0 fully saturated rings. The van der Waals surface area contributed by atoms with Crippen molar-refractivity contribution < 1.29 is 4.74 Å². The van der Waals surface area contributed by atoms with Gasteiger partial charge in [-0.15, -0.1) is 0 Å². The van der Waals surface area contributed by atoms with Crippen molar-refractivity contribution >= 4 is 11.6 Å². The first-order valence-corrected chi connectivity index (χ1v) is 6.01. The van der Waals surface area contributed by atoms with Gasteiger partial charge >= 0.3 is 0 Å². The number of ether oxygens (including phenoxy) is 1. The minimum absolute atomic E-state index is 0.540. The van der Waals surface area contributed by atoms with Gasteiger partial charge in [0.05, 0.1) is 0 Å². The van der Waals surface area contributed by atoms with Crippen LogP contribution in [0.2, 0.25) is 5.15 Å². The van der Waals surface area contributed by atoms with Gasteiger partial charge in [-0.3, -0.25) is 0 Å². The molecular weight excluding hydrogens is 224 g/mol. The first-order chi connectivity index (χ1) is 7.61. The maximum atomic E-state index is 5.96. The maximum Gasteiger partial charge on any atom is 0.133 e. The molecule has 1 aromatic rings. The van der Waals surface area contributed by atoms with Crippen molar-refractivity contribution in [2.24, 2.45) is 5.92 Å². The Bertz CT molecular complexity index is 329. The van der Waals surface area contributed by atoms with Gasteiger partial charge in [-0.25, -0.2) is 9.97 Å². The van der Waals surface area contributed by atoms with Crippen LogP contribution in [-0.4, -0.2) is 23.7 Å². The molecular formula is C12H19ClN2O. The van der Waals surface area contributed by atoms with Gasteiger partial charge in [-0.05, 0) is 24.8 Å². The highest BCUT2D eigenvalue weighted by molar-refractivity contribution is 6.29. The van der Waals surface area contributed by atoms with Gasteiger partial charge < -0.3 is 4.74 Å². The molecule has 0 aliphatic carbocycles. The number of rotatable bonds is 6. The van der Waals surface area contributed by atoms with Crippen LogP contribution in [0, 0.1) is 5.92 Å². The summed E-state index contributed by atoms with van der Waals surface area (Å²) in [6.45, 7) is 5.07. The number of aryl methyl sites for hydroxylation is 1. The molecule has 0 bridgehead atoms. The van der Waals surface area contributed by atoms with Crippen LogP contribution in [0.4, 0.5) is 0 Å². The number of aromatic nitrogens is 2. The predicted molar refractivity (Wildman–Crippen MR) is 65.8 cm³/mol. The van der Waals surface area contributed by atoms with Crippen LogP contribution in [0.5, 0.6) is 0 Å². The summed E-state index contributed by atoms with van der Waals surface area (Å²) >= 11 is 5.96. The number of hydrogen-bond donors (Lipinski definition) is 0. The zero-order valence-electron chi connectivity index (χ0n) is 10.2. The van der Waals surface area contributed by atoms with Crippen molar-refractivity contribution in [2.45, 2.75) is 33.1 Å². The van der Waals surface area contributed by atoms with E-state index in [4.69, 9.17) is 16.3 Å². The number of hydrogen-bond acceptors (Lipinski definition) is 3. The summed E-state index contributed by atoms with van der Waals surface area (Å²) in [7, 11) is 1.70. The molecule has 0 aromatic carbocycles. The summed E-state index contributed by atoms with van der Waals surface area (Å²) in [4.78, 5) is 8.71. The highest BCUT2D eigenvalue weighted by atomic mass is 35.5. The highest BCUT2D eigenvalue weighted by Gasteiger charge is 2.05. The quantitative estimate of drug-likeness (QED) is 0.568. The molecule has 0 radical (unpaired) electrons. The monoisotopic (exact) mass is 242 g/mol. The SMILES string of the molecule is COCCCc1nc(Cl)cc(CC(C)C)n1. The smallest absolute Gasteiger partial charge is 0.133 e. The van der Waals surface area contributed by atoms with Crippen LogP contribution in [0.1, 0.15) is 31.8 Å². The molecule has 0 unspecified atom stereocenters. The van der Waals surface area contributed by atoms with E-state index in [2.05, 4.69) is 23.8 Å². The third kappa shape index (κ3) is 4.90. The minimum Gasteiger partial charge on any atom is -0.385 e. The lowest BCUT2D eigenvalue weighted by molar-refractivity contribution is 0.194. The Morgan fingerprint density at radius 1 is 1.38 bits per heavy atom. The molecule has 1 rings (SSSR count). The van der Waals surface area contributed by atoms with Crippen LogP contribution >= 0.6 is 11.6 Å². The largest absolute Gasteiger partial charge is 0.385 e. The summed E-state index contributed by atoms with van der Waals surface area (Å²) in [5, 5.41) is 0.540. The van der Waals surface area contributed by atoms with Gasteiger partial charge in [0.2, 0.25) is 0 Å². The van der Waals surface area contributed by atoms with Crippen LogP contribution in [0.25, 0.3) is 0 Å². The van der Waals surface area contributed by atoms with E-state index in [1.54, 1.807) is 7.11 Å². The standard InChI is InChI=1S/C12H19ClN2O/c1-9(2)7-10-8-11(13)15-12(14-10)5-4-6-16-3/h8-9H,4-7H2,1-3H3. The molecule has 1 aromatic heterocycles. The van der Waals surface area contributed by atoms with E-state index >= 15 is 0 Å². The fourth-order valence-corrected chi connectivity index (χ4v) is 1.75. The predicted octanol–water partition coefficient (Wildman–Crippen LogP) is 2.91. The normalized spacial score (nSPS) is 11.1. The van der Waals surface area contributed by atoms with E-state index in [1.807, 2.05) is 6.07 Å². The van der Waals surface area contributed by atoms with Gasteiger partial charge in [-0.1, -0.05) is 25.4 Å². The van der Waals surface area contributed by atoms with E-state index in [0.29, 0.717) is 11.1 Å². The highest BCUT2D eigenvalue weighted by Crippen LogP contribution is 2.12. The van der Waals surface area contributed by atoms with Gasteiger partial charge in [0.1, 0.15) is 11.0 Å². The summed E-state index contributed by atoms with van der Waals surface area (Å²) in [6.07, 6.45) is 2.69.